The third kappa shape index (κ3) is 7.05. The highest BCUT2D eigenvalue weighted by molar-refractivity contribution is 14.0. The quantitative estimate of drug-likeness (QED) is 0.251. The Labute approximate surface area is 165 Å². The van der Waals surface area contributed by atoms with Crippen molar-refractivity contribution in [1.82, 2.24) is 9.62 Å². The van der Waals surface area contributed by atoms with E-state index in [1.165, 1.54) is 7.11 Å². The molecule has 1 aromatic rings. The van der Waals surface area contributed by atoms with Crippen LogP contribution in [0.1, 0.15) is 5.56 Å². The summed E-state index contributed by atoms with van der Waals surface area (Å²) in [6.07, 6.45) is 0. The first-order valence-corrected chi connectivity index (χ1v) is 9.21. The van der Waals surface area contributed by atoms with Crippen molar-refractivity contribution in [1.29, 1.82) is 0 Å². The van der Waals surface area contributed by atoms with Gasteiger partial charge in [0, 0.05) is 26.7 Å². The average Bonchev–Trinajstić information content (AvgIpc) is 2.61. The first-order valence-electron chi connectivity index (χ1n) is 7.73. The third-order valence-electron chi connectivity index (χ3n) is 3.57. The summed E-state index contributed by atoms with van der Waals surface area (Å²) < 4.78 is 37.0. The minimum absolute atomic E-state index is 0. The molecule has 0 radical (unpaired) electrons. The highest BCUT2D eigenvalue weighted by Crippen LogP contribution is 2.12. The van der Waals surface area contributed by atoms with Gasteiger partial charge in [-0.25, -0.2) is 18.1 Å². The van der Waals surface area contributed by atoms with Gasteiger partial charge in [0.25, 0.3) is 0 Å². The average molecular weight is 484 g/mol. The summed E-state index contributed by atoms with van der Waals surface area (Å²) in [5.74, 6) is 0.449. The molecule has 0 aliphatic carbocycles. The number of nitrogens with two attached hydrogens (primary N) is 1. The van der Waals surface area contributed by atoms with Crippen LogP contribution < -0.4 is 10.5 Å². The summed E-state index contributed by atoms with van der Waals surface area (Å²) in [4.78, 5) is 6.51. The van der Waals surface area contributed by atoms with Crippen molar-refractivity contribution in [3.63, 3.8) is 0 Å². The van der Waals surface area contributed by atoms with Crippen LogP contribution in [0.5, 0.6) is 0 Å². The Kier molecular flexibility index (Phi) is 9.64. The molecule has 1 aliphatic rings. The molecule has 10 heteroatoms. The molecule has 0 spiro atoms. The highest BCUT2D eigenvalue weighted by Gasteiger charge is 2.14. The van der Waals surface area contributed by atoms with Gasteiger partial charge in [0.2, 0.25) is 10.0 Å². The molecule has 1 fully saturated rings. The van der Waals surface area contributed by atoms with E-state index in [0.717, 1.165) is 5.56 Å². The van der Waals surface area contributed by atoms with Gasteiger partial charge in [0.05, 0.1) is 31.3 Å². The molecular weight excluding hydrogens is 459 g/mol. The largest absolute Gasteiger partial charge is 0.383 e. The Hall–Kier alpha value is -0.950. The number of nitrogens with one attached hydrogen (secondary N) is 1. The van der Waals surface area contributed by atoms with Crippen LogP contribution in [0.25, 0.3) is 0 Å². The lowest BCUT2D eigenvalue weighted by Gasteiger charge is -2.27. The Balaban J connectivity index is 0.00000312. The zero-order valence-corrected chi connectivity index (χ0v) is 17.3. The van der Waals surface area contributed by atoms with Crippen LogP contribution in [-0.4, -0.2) is 65.8 Å². The predicted octanol–water partition coefficient (Wildman–Crippen LogP) is 0.376. The summed E-state index contributed by atoms with van der Waals surface area (Å²) in [7, 11) is -2.03. The first-order chi connectivity index (χ1) is 11.5. The smallest absolute Gasteiger partial charge is 0.240 e. The first kappa shape index (κ1) is 22.1. The van der Waals surface area contributed by atoms with Crippen LogP contribution in [0.4, 0.5) is 0 Å². The fourth-order valence-corrected chi connectivity index (χ4v) is 3.32. The van der Waals surface area contributed by atoms with E-state index in [4.69, 9.17) is 15.2 Å². The second-order valence-corrected chi connectivity index (χ2v) is 7.08. The zero-order chi connectivity index (χ0) is 17.4. The maximum Gasteiger partial charge on any atom is 0.240 e. The van der Waals surface area contributed by atoms with Crippen LogP contribution in [0.2, 0.25) is 0 Å². The molecule has 142 valence electrons. The van der Waals surface area contributed by atoms with Crippen molar-refractivity contribution in [2.75, 3.05) is 46.6 Å². The highest BCUT2D eigenvalue weighted by atomic mass is 127. The van der Waals surface area contributed by atoms with E-state index in [-0.39, 0.29) is 35.4 Å². The number of aliphatic imine (C=N–C) groups is 1. The van der Waals surface area contributed by atoms with Crippen molar-refractivity contribution in [3.05, 3.63) is 29.8 Å². The number of benzene rings is 1. The van der Waals surface area contributed by atoms with E-state index in [2.05, 4.69) is 9.71 Å². The number of nitrogens with zero attached hydrogens (tertiary/aromatic N) is 2. The topological polar surface area (TPSA) is 106 Å². The minimum Gasteiger partial charge on any atom is -0.383 e. The van der Waals surface area contributed by atoms with Gasteiger partial charge in [0.15, 0.2) is 5.96 Å². The molecule has 8 nitrogen and oxygen atoms in total. The van der Waals surface area contributed by atoms with Gasteiger partial charge in [-0.1, -0.05) is 12.1 Å². The molecule has 0 bridgehead atoms. The molecule has 0 saturated carbocycles. The zero-order valence-electron chi connectivity index (χ0n) is 14.2. The standard InChI is InChI=1S/C15H24N4O4S.HI/c1-22-8-5-18-24(20,21)14-4-2-3-13(11-14)12-17-15(16)19-6-9-23-10-7-19;/h2-4,11,18H,5-10,12H2,1H3,(H2,16,17);1H. The Bertz CT molecular complexity index is 663. The van der Waals surface area contributed by atoms with Crippen molar-refractivity contribution < 1.29 is 17.9 Å². The van der Waals surface area contributed by atoms with Gasteiger partial charge in [-0.2, -0.15) is 0 Å². The Morgan fingerprint density at radius 3 is 2.80 bits per heavy atom. The van der Waals surface area contributed by atoms with Crippen LogP contribution in [0, 0.1) is 0 Å². The lowest BCUT2D eigenvalue weighted by molar-refractivity contribution is 0.0674. The third-order valence-corrected chi connectivity index (χ3v) is 5.02. The molecule has 1 aromatic carbocycles. The van der Waals surface area contributed by atoms with E-state index in [1.54, 1.807) is 18.2 Å². The summed E-state index contributed by atoms with van der Waals surface area (Å²) in [6.45, 7) is 3.57. The number of guanidine groups is 1. The van der Waals surface area contributed by atoms with Crippen LogP contribution >= 0.6 is 24.0 Å². The molecule has 0 amide bonds. The fourth-order valence-electron chi connectivity index (χ4n) is 2.24. The van der Waals surface area contributed by atoms with E-state index in [9.17, 15) is 8.42 Å². The molecule has 1 aliphatic heterocycles. The fraction of sp³-hybridized carbons (Fsp3) is 0.533. The van der Waals surface area contributed by atoms with Crippen molar-refractivity contribution in [3.8, 4) is 0 Å². The number of rotatable bonds is 7. The van der Waals surface area contributed by atoms with Crippen LogP contribution in [-0.2, 0) is 26.0 Å². The summed E-state index contributed by atoms with van der Waals surface area (Å²) in [5.41, 5.74) is 6.76. The molecule has 0 aromatic heterocycles. The minimum atomic E-state index is -3.55. The van der Waals surface area contributed by atoms with Gasteiger partial charge < -0.3 is 20.1 Å². The second kappa shape index (κ2) is 10.9. The Morgan fingerprint density at radius 2 is 2.12 bits per heavy atom. The maximum absolute atomic E-state index is 12.2. The second-order valence-electron chi connectivity index (χ2n) is 5.31. The molecule has 0 unspecified atom stereocenters. The molecular formula is C15H25IN4O4S. The van der Waals surface area contributed by atoms with Gasteiger partial charge in [-0.3, -0.25) is 0 Å². The number of methoxy groups -OCH3 is 1. The molecule has 25 heavy (non-hydrogen) atoms. The summed E-state index contributed by atoms with van der Waals surface area (Å²) >= 11 is 0. The number of morpholine rings is 1. The number of halogens is 1. The lowest BCUT2D eigenvalue weighted by Crippen LogP contribution is -2.44. The lowest BCUT2D eigenvalue weighted by atomic mass is 10.2. The number of hydrogen-bond acceptors (Lipinski definition) is 5. The van der Waals surface area contributed by atoms with E-state index in [0.29, 0.717) is 45.4 Å². The van der Waals surface area contributed by atoms with E-state index >= 15 is 0 Å². The predicted molar refractivity (Wildman–Crippen MR) is 107 cm³/mol. The Morgan fingerprint density at radius 1 is 1.40 bits per heavy atom. The van der Waals surface area contributed by atoms with Gasteiger partial charge in [0.1, 0.15) is 0 Å². The summed E-state index contributed by atoms with van der Waals surface area (Å²) in [5, 5.41) is 0. The molecule has 2 rings (SSSR count). The van der Waals surface area contributed by atoms with Gasteiger partial charge in [-0.05, 0) is 17.7 Å². The van der Waals surface area contributed by atoms with Crippen LogP contribution in [0.3, 0.4) is 0 Å². The van der Waals surface area contributed by atoms with E-state index < -0.39 is 10.0 Å². The van der Waals surface area contributed by atoms with Crippen LogP contribution in [0.15, 0.2) is 34.2 Å². The number of sulfonamides is 1. The van der Waals surface area contributed by atoms with Crippen molar-refractivity contribution >= 4 is 40.0 Å². The molecule has 0 atom stereocenters. The monoisotopic (exact) mass is 484 g/mol. The maximum atomic E-state index is 12.2. The van der Waals surface area contributed by atoms with Gasteiger partial charge in [-0.15, -0.1) is 24.0 Å². The van der Waals surface area contributed by atoms with Crippen molar-refractivity contribution in [2.45, 2.75) is 11.4 Å². The molecule has 1 heterocycles. The number of hydrogen-bond donors (Lipinski definition) is 2. The molecule has 3 N–H and O–H groups in total. The van der Waals surface area contributed by atoms with Crippen molar-refractivity contribution in [2.24, 2.45) is 10.7 Å². The number of ether oxygens (including phenoxy) is 2. The van der Waals surface area contributed by atoms with Gasteiger partial charge >= 0.3 is 0 Å². The van der Waals surface area contributed by atoms with E-state index in [1.807, 2.05) is 11.0 Å². The summed E-state index contributed by atoms with van der Waals surface area (Å²) in [6, 6.07) is 6.67. The molecule has 1 saturated heterocycles. The normalized spacial score (nSPS) is 15.7. The SMILES string of the molecule is COCCNS(=O)(=O)c1cccc(CN=C(N)N2CCOCC2)c1.I.